The van der Waals surface area contributed by atoms with Crippen LogP contribution in [0.5, 0.6) is 0 Å². The Morgan fingerprint density at radius 3 is 2.50 bits per heavy atom. The molecule has 132 valence electrons. The maximum atomic E-state index is 12.6. The normalized spacial score (nSPS) is 28.2. The fourth-order valence-electron chi connectivity index (χ4n) is 3.34. The summed E-state index contributed by atoms with van der Waals surface area (Å²) in [5.41, 5.74) is 9.08. The van der Waals surface area contributed by atoms with Gasteiger partial charge in [0.15, 0.2) is 0 Å². The molecule has 1 saturated heterocycles. The maximum absolute atomic E-state index is 12.6. The van der Waals surface area contributed by atoms with Crippen molar-refractivity contribution in [3.8, 4) is 0 Å². The van der Waals surface area contributed by atoms with Crippen LogP contribution >= 0.6 is 0 Å². The summed E-state index contributed by atoms with van der Waals surface area (Å²) in [6.45, 7) is 1.78. The third-order valence-electron chi connectivity index (χ3n) is 4.83. The third-order valence-corrected chi connectivity index (χ3v) is 4.83. The minimum absolute atomic E-state index is 0.0467. The average molecular weight is 342 g/mol. The Labute approximate surface area is 138 Å². The van der Waals surface area contributed by atoms with Gasteiger partial charge in [-0.15, -0.1) is 0 Å². The molecule has 24 heavy (non-hydrogen) atoms. The summed E-state index contributed by atoms with van der Waals surface area (Å²) in [5, 5.41) is 2.92. The highest BCUT2D eigenvalue weighted by molar-refractivity contribution is 5.79. The Balaban J connectivity index is 1.58. The van der Waals surface area contributed by atoms with E-state index in [1.807, 2.05) is 0 Å². The number of halogens is 3. The third kappa shape index (κ3) is 3.71. The van der Waals surface area contributed by atoms with Crippen LogP contribution in [0.3, 0.4) is 0 Å². The molecule has 2 aliphatic rings. The van der Waals surface area contributed by atoms with Gasteiger partial charge in [0, 0.05) is 18.0 Å². The highest BCUT2D eigenvalue weighted by Gasteiger charge is 2.36. The summed E-state index contributed by atoms with van der Waals surface area (Å²) in [5.74, 6) is -0.133. The minimum Gasteiger partial charge on any atom is -0.349 e. The zero-order valence-electron chi connectivity index (χ0n) is 13.3. The standard InChI is InChI=1S/C16H21F3N4O/c1-9(10-2-5-12(6-3-10)16(17,18)19)20-15(24)11-4-7-13-14(8-11)22-23-21-13/h2-3,5-6,9,11,13-14,21-23H,4,7-8H2,1H3,(H,20,24)/t9-,11?,13?,14?/m1/s1. The molecule has 3 unspecified atom stereocenters. The van der Waals surface area contributed by atoms with E-state index < -0.39 is 11.7 Å². The number of benzene rings is 1. The topological polar surface area (TPSA) is 65.2 Å². The predicted octanol–water partition coefficient (Wildman–Crippen LogP) is 2.03. The quantitative estimate of drug-likeness (QED) is 0.679. The van der Waals surface area contributed by atoms with Crippen molar-refractivity contribution in [1.29, 1.82) is 0 Å². The number of hydrazine groups is 2. The Morgan fingerprint density at radius 1 is 1.17 bits per heavy atom. The molecule has 1 amide bonds. The smallest absolute Gasteiger partial charge is 0.349 e. The zero-order valence-corrected chi connectivity index (χ0v) is 13.3. The van der Waals surface area contributed by atoms with Crippen molar-refractivity contribution in [2.75, 3.05) is 0 Å². The van der Waals surface area contributed by atoms with Gasteiger partial charge in [-0.05, 0) is 43.9 Å². The van der Waals surface area contributed by atoms with Gasteiger partial charge in [0.05, 0.1) is 11.6 Å². The first-order chi connectivity index (χ1) is 11.3. The van der Waals surface area contributed by atoms with Gasteiger partial charge in [-0.1, -0.05) is 12.1 Å². The lowest BCUT2D eigenvalue weighted by atomic mass is 9.82. The Hall–Kier alpha value is -1.64. The van der Waals surface area contributed by atoms with Crippen molar-refractivity contribution in [2.45, 2.75) is 50.5 Å². The Morgan fingerprint density at radius 2 is 1.83 bits per heavy atom. The molecule has 4 atom stereocenters. The van der Waals surface area contributed by atoms with Crippen molar-refractivity contribution < 1.29 is 18.0 Å². The van der Waals surface area contributed by atoms with Gasteiger partial charge in [-0.2, -0.15) is 18.7 Å². The number of alkyl halides is 3. The molecule has 4 N–H and O–H groups in total. The number of carbonyl (C=O) groups is 1. The summed E-state index contributed by atoms with van der Waals surface area (Å²) in [7, 11) is 0. The molecule has 0 spiro atoms. The van der Waals surface area contributed by atoms with E-state index in [0.29, 0.717) is 11.6 Å². The summed E-state index contributed by atoms with van der Waals surface area (Å²) in [6, 6.07) is 5.14. The van der Waals surface area contributed by atoms with Gasteiger partial charge in [0.25, 0.3) is 0 Å². The highest BCUT2D eigenvalue weighted by Crippen LogP contribution is 2.30. The van der Waals surface area contributed by atoms with Crippen LogP contribution < -0.4 is 21.7 Å². The number of fused-ring (bicyclic) bond motifs is 1. The van der Waals surface area contributed by atoms with Crippen LogP contribution in [0.15, 0.2) is 24.3 Å². The number of amides is 1. The summed E-state index contributed by atoms with van der Waals surface area (Å²) >= 11 is 0. The lowest BCUT2D eigenvalue weighted by Crippen LogP contribution is -2.44. The molecule has 1 aromatic carbocycles. The van der Waals surface area contributed by atoms with Crippen molar-refractivity contribution in [1.82, 2.24) is 21.7 Å². The Kier molecular flexibility index (Phi) is 4.80. The lowest BCUT2D eigenvalue weighted by molar-refractivity contribution is -0.137. The van der Waals surface area contributed by atoms with Crippen LogP contribution in [0.2, 0.25) is 0 Å². The van der Waals surface area contributed by atoms with Crippen LogP contribution in [-0.4, -0.2) is 18.0 Å². The second-order valence-corrected chi connectivity index (χ2v) is 6.49. The summed E-state index contributed by atoms with van der Waals surface area (Å²) < 4.78 is 37.8. The van der Waals surface area contributed by atoms with Gasteiger partial charge in [-0.3, -0.25) is 4.79 Å². The fourth-order valence-corrected chi connectivity index (χ4v) is 3.34. The van der Waals surface area contributed by atoms with E-state index in [0.717, 1.165) is 31.4 Å². The molecular formula is C16H21F3N4O. The number of rotatable bonds is 3. The molecule has 1 heterocycles. The first-order valence-electron chi connectivity index (χ1n) is 8.08. The lowest BCUT2D eigenvalue weighted by Gasteiger charge is -2.30. The Bertz CT molecular complexity index is 590. The molecule has 3 rings (SSSR count). The minimum atomic E-state index is -4.35. The molecule has 1 aromatic rings. The fraction of sp³-hybridized carbons (Fsp3) is 0.562. The van der Waals surface area contributed by atoms with E-state index in [9.17, 15) is 18.0 Å². The van der Waals surface area contributed by atoms with Crippen LogP contribution in [0.4, 0.5) is 13.2 Å². The number of hydrogen-bond acceptors (Lipinski definition) is 4. The molecular weight excluding hydrogens is 321 g/mol. The monoisotopic (exact) mass is 342 g/mol. The van der Waals surface area contributed by atoms with Crippen LogP contribution in [-0.2, 0) is 11.0 Å². The molecule has 5 nitrogen and oxygen atoms in total. The molecule has 0 radical (unpaired) electrons. The number of hydrogen-bond donors (Lipinski definition) is 4. The zero-order chi connectivity index (χ0) is 17.3. The highest BCUT2D eigenvalue weighted by atomic mass is 19.4. The molecule has 8 heteroatoms. The molecule has 0 bridgehead atoms. The second kappa shape index (κ2) is 6.70. The van der Waals surface area contributed by atoms with Gasteiger partial charge in [0.1, 0.15) is 0 Å². The van der Waals surface area contributed by atoms with E-state index in [4.69, 9.17) is 0 Å². The van der Waals surface area contributed by atoms with Gasteiger partial charge in [0.2, 0.25) is 5.91 Å². The predicted molar refractivity (Wildman–Crippen MR) is 82.3 cm³/mol. The van der Waals surface area contributed by atoms with Crippen LogP contribution in [0, 0.1) is 5.92 Å². The summed E-state index contributed by atoms with van der Waals surface area (Å²) in [4.78, 5) is 12.4. The van der Waals surface area contributed by atoms with E-state index in [1.54, 1.807) is 6.92 Å². The average Bonchev–Trinajstić information content (AvgIpc) is 3.01. The van der Waals surface area contributed by atoms with Gasteiger partial charge in [-0.25, -0.2) is 10.9 Å². The largest absolute Gasteiger partial charge is 0.416 e. The van der Waals surface area contributed by atoms with Gasteiger partial charge < -0.3 is 5.32 Å². The SMILES string of the molecule is C[C@@H](NC(=O)C1CCC2NNNC2C1)c1ccc(C(F)(F)F)cc1. The van der Waals surface area contributed by atoms with Crippen molar-refractivity contribution in [3.05, 3.63) is 35.4 Å². The first kappa shape index (κ1) is 17.2. The molecule has 0 aromatic heterocycles. The molecule has 1 aliphatic carbocycles. The molecule has 1 saturated carbocycles. The van der Waals surface area contributed by atoms with Crippen LogP contribution in [0.25, 0.3) is 0 Å². The number of carbonyl (C=O) groups excluding carboxylic acids is 1. The molecule has 2 fully saturated rings. The second-order valence-electron chi connectivity index (χ2n) is 6.49. The molecule has 1 aliphatic heterocycles. The van der Waals surface area contributed by atoms with Crippen molar-refractivity contribution >= 4 is 5.91 Å². The van der Waals surface area contributed by atoms with Crippen molar-refractivity contribution in [2.24, 2.45) is 5.92 Å². The van der Waals surface area contributed by atoms with E-state index in [1.165, 1.54) is 12.1 Å². The maximum Gasteiger partial charge on any atom is 0.416 e. The first-order valence-corrected chi connectivity index (χ1v) is 8.08. The summed E-state index contributed by atoms with van der Waals surface area (Å²) in [6.07, 6.45) is -1.92. The van der Waals surface area contributed by atoms with Crippen molar-refractivity contribution in [3.63, 3.8) is 0 Å². The van der Waals surface area contributed by atoms with E-state index in [-0.39, 0.29) is 23.9 Å². The van der Waals surface area contributed by atoms with E-state index >= 15 is 0 Å². The van der Waals surface area contributed by atoms with Crippen LogP contribution in [0.1, 0.15) is 43.4 Å². The van der Waals surface area contributed by atoms with Gasteiger partial charge >= 0.3 is 6.18 Å². The number of nitrogens with one attached hydrogen (secondary N) is 4. The van der Waals surface area contributed by atoms with E-state index in [2.05, 4.69) is 21.7 Å².